The van der Waals surface area contributed by atoms with Gasteiger partial charge in [0.15, 0.2) is 0 Å². The van der Waals surface area contributed by atoms with Crippen molar-refractivity contribution >= 4 is 0 Å². The van der Waals surface area contributed by atoms with Crippen LogP contribution in [0.1, 0.15) is 80.7 Å². The lowest BCUT2D eigenvalue weighted by molar-refractivity contribution is 0.316. The van der Waals surface area contributed by atoms with Gasteiger partial charge in [0.2, 0.25) is 0 Å². The molecular formula is C20H33N. The highest BCUT2D eigenvalue weighted by atomic mass is 14.9. The van der Waals surface area contributed by atoms with Crippen molar-refractivity contribution in [1.29, 1.82) is 0 Å². The summed E-state index contributed by atoms with van der Waals surface area (Å²) in [6.45, 7) is 11.4. The van der Waals surface area contributed by atoms with Gasteiger partial charge in [0.1, 0.15) is 0 Å². The molecule has 0 amide bonds. The monoisotopic (exact) mass is 287 g/mol. The van der Waals surface area contributed by atoms with Crippen molar-refractivity contribution in [3.05, 3.63) is 34.4 Å². The lowest BCUT2D eigenvalue weighted by Gasteiger charge is -2.29. The Morgan fingerprint density at radius 2 is 1.43 bits per heavy atom. The molecule has 1 aromatic carbocycles. The topological polar surface area (TPSA) is 12.0 Å². The standard InChI is InChI=1S/C20H33N/c1-14-12-15(2)20(16(3)13-14)18(5)21-17(4)19-10-8-6-7-9-11-19/h12-13,17-19,21H,6-11H2,1-5H3/t17-,18?/m0/s1. The first-order valence-electron chi connectivity index (χ1n) is 8.83. The SMILES string of the molecule is Cc1cc(C)c(C(C)N[C@@H](C)C2CCCCCC2)c(C)c1. The second-order valence-electron chi connectivity index (χ2n) is 7.24. The molecule has 1 nitrogen and oxygen atoms in total. The molecule has 2 rings (SSSR count). The largest absolute Gasteiger partial charge is 0.307 e. The maximum absolute atomic E-state index is 3.89. The van der Waals surface area contributed by atoms with E-state index in [1.165, 1.54) is 60.8 Å². The molecule has 1 saturated carbocycles. The predicted octanol–water partition coefficient (Wildman–Crippen LogP) is 5.62. The molecule has 21 heavy (non-hydrogen) atoms. The highest BCUT2D eigenvalue weighted by Crippen LogP contribution is 2.28. The Morgan fingerprint density at radius 1 is 0.905 bits per heavy atom. The van der Waals surface area contributed by atoms with Crippen LogP contribution in [0.2, 0.25) is 0 Å². The van der Waals surface area contributed by atoms with Gasteiger partial charge in [-0.3, -0.25) is 0 Å². The van der Waals surface area contributed by atoms with Crippen LogP contribution in [0.3, 0.4) is 0 Å². The van der Waals surface area contributed by atoms with Gasteiger partial charge in [0.25, 0.3) is 0 Å². The number of benzene rings is 1. The van der Waals surface area contributed by atoms with Crippen molar-refractivity contribution in [2.24, 2.45) is 5.92 Å². The van der Waals surface area contributed by atoms with Crippen molar-refractivity contribution in [3.8, 4) is 0 Å². The van der Waals surface area contributed by atoms with E-state index in [1.54, 1.807) is 0 Å². The summed E-state index contributed by atoms with van der Waals surface area (Å²) in [7, 11) is 0. The Balaban J connectivity index is 2.05. The number of nitrogens with one attached hydrogen (secondary N) is 1. The Kier molecular flexibility index (Phi) is 5.87. The first-order valence-corrected chi connectivity index (χ1v) is 8.83. The van der Waals surface area contributed by atoms with Gasteiger partial charge in [0, 0.05) is 12.1 Å². The van der Waals surface area contributed by atoms with E-state index in [2.05, 4.69) is 52.1 Å². The Morgan fingerprint density at radius 3 is 1.95 bits per heavy atom. The van der Waals surface area contributed by atoms with Crippen LogP contribution in [0.5, 0.6) is 0 Å². The summed E-state index contributed by atoms with van der Waals surface area (Å²) in [5, 5.41) is 3.89. The molecule has 0 aliphatic heterocycles. The third kappa shape index (κ3) is 4.32. The molecule has 1 aromatic rings. The smallest absolute Gasteiger partial charge is 0.0299 e. The molecule has 0 bridgehead atoms. The van der Waals surface area contributed by atoms with E-state index in [9.17, 15) is 0 Å². The molecule has 1 aliphatic rings. The van der Waals surface area contributed by atoms with E-state index in [0.717, 1.165) is 5.92 Å². The summed E-state index contributed by atoms with van der Waals surface area (Å²) >= 11 is 0. The lowest BCUT2D eigenvalue weighted by Crippen LogP contribution is -2.35. The van der Waals surface area contributed by atoms with Crippen LogP contribution in [0, 0.1) is 26.7 Å². The van der Waals surface area contributed by atoms with Gasteiger partial charge in [-0.25, -0.2) is 0 Å². The highest BCUT2D eigenvalue weighted by molar-refractivity contribution is 5.39. The summed E-state index contributed by atoms with van der Waals surface area (Å²) in [5.74, 6) is 0.862. The van der Waals surface area contributed by atoms with Crippen LogP contribution in [0.25, 0.3) is 0 Å². The van der Waals surface area contributed by atoms with E-state index in [-0.39, 0.29) is 0 Å². The zero-order valence-corrected chi connectivity index (χ0v) is 14.6. The minimum absolute atomic E-state index is 0.448. The fourth-order valence-electron chi connectivity index (χ4n) is 4.30. The maximum atomic E-state index is 3.89. The average molecular weight is 287 g/mol. The summed E-state index contributed by atoms with van der Waals surface area (Å²) in [6, 6.07) is 5.70. The van der Waals surface area contributed by atoms with Gasteiger partial charge in [0.05, 0.1) is 0 Å². The van der Waals surface area contributed by atoms with Gasteiger partial charge in [-0.2, -0.15) is 0 Å². The summed E-state index contributed by atoms with van der Waals surface area (Å²) < 4.78 is 0. The molecule has 1 N–H and O–H groups in total. The minimum Gasteiger partial charge on any atom is -0.307 e. The van der Waals surface area contributed by atoms with Gasteiger partial charge in [-0.05, 0) is 70.1 Å². The predicted molar refractivity (Wildman–Crippen MR) is 92.9 cm³/mol. The first-order chi connectivity index (χ1) is 9.99. The van der Waals surface area contributed by atoms with Crippen LogP contribution in [0.4, 0.5) is 0 Å². The molecule has 1 fully saturated rings. The molecule has 0 heterocycles. The van der Waals surface area contributed by atoms with Crippen molar-refractivity contribution in [2.45, 2.75) is 85.2 Å². The molecule has 0 aromatic heterocycles. The summed E-state index contributed by atoms with van der Waals surface area (Å²) in [6.07, 6.45) is 8.55. The molecule has 2 atom stereocenters. The summed E-state index contributed by atoms with van der Waals surface area (Å²) in [4.78, 5) is 0. The van der Waals surface area contributed by atoms with Crippen LogP contribution in [0.15, 0.2) is 12.1 Å². The summed E-state index contributed by atoms with van der Waals surface area (Å²) in [5.41, 5.74) is 5.74. The highest BCUT2D eigenvalue weighted by Gasteiger charge is 2.21. The lowest BCUT2D eigenvalue weighted by atomic mass is 9.90. The zero-order valence-electron chi connectivity index (χ0n) is 14.6. The van der Waals surface area contributed by atoms with E-state index in [4.69, 9.17) is 0 Å². The van der Waals surface area contributed by atoms with Gasteiger partial charge < -0.3 is 5.32 Å². The molecule has 1 aliphatic carbocycles. The van der Waals surface area contributed by atoms with E-state index < -0.39 is 0 Å². The second kappa shape index (κ2) is 7.45. The van der Waals surface area contributed by atoms with Crippen molar-refractivity contribution in [2.75, 3.05) is 0 Å². The normalized spacial score (nSPS) is 20.0. The van der Waals surface area contributed by atoms with Crippen molar-refractivity contribution in [3.63, 3.8) is 0 Å². The van der Waals surface area contributed by atoms with Crippen molar-refractivity contribution in [1.82, 2.24) is 5.32 Å². The fourth-order valence-corrected chi connectivity index (χ4v) is 4.30. The third-order valence-electron chi connectivity index (χ3n) is 5.29. The van der Waals surface area contributed by atoms with Crippen molar-refractivity contribution < 1.29 is 0 Å². The van der Waals surface area contributed by atoms with E-state index in [0.29, 0.717) is 12.1 Å². The molecule has 1 heteroatoms. The van der Waals surface area contributed by atoms with Crippen LogP contribution in [-0.4, -0.2) is 6.04 Å². The number of hydrogen-bond donors (Lipinski definition) is 1. The van der Waals surface area contributed by atoms with Gasteiger partial charge in [-0.1, -0.05) is 43.4 Å². The zero-order chi connectivity index (χ0) is 15.4. The molecule has 118 valence electrons. The molecule has 0 spiro atoms. The second-order valence-corrected chi connectivity index (χ2v) is 7.24. The maximum Gasteiger partial charge on any atom is 0.0299 e. The molecule has 0 saturated heterocycles. The van der Waals surface area contributed by atoms with E-state index in [1.807, 2.05) is 0 Å². The average Bonchev–Trinajstić information content (AvgIpc) is 2.65. The van der Waals surface area contributed by atoms with Gasteiger partial charge in [-0.15, -0.1) is 0 Å². The van der Waals surface area contributed by atoms with Crippen LogP contribution >= 0.6 is 0 Å². The third-order valence-corrected chi connectivity index (χ3v) is 5.29. The fraction of sp³-hybridized carbons (Fsp3) is 0.700. The first kappa shape index (κ1) is 16.5. The van der Waals surface area contributed by atoms with Crippen LogP contribution in [-0.2, 0) is 0 Å². The molecule has 0 radical (unpaired) electrons. The molecular weight excluding hydrogens is 254 g/mol. The minimum atomic E-state index is 0.448. The van der Waals surface area contributed by atoms with E-state index >= 15 is 0 Å². The Labute approximate surface area is 131 Å². The Hall–Kier alpha value is -0.820. The number of rotatable bonds is 4. The van der Waals surface area contributed by atoms with Gasteiger partial charge >= 0.3 is 0 Å². The number of aryl methyl sites for hydroxylation is 3. The quantitative estimate of drug-likeness (QED) is 0.708. The van der Waals surface area contributed by atoms with Crippen LogP contribution < -0.4 is 5.32 Å². The number of hydrogen-bond acceptors (Lipinski definition) is 1. The molecule has 1 unspecified atom stereocenters. The Bertz CT molecular complexity index is 432.